The molecule has 0 atom stereocenters. The molecule has 0 fully saturated rings. The lowest BCUT2D eigenvalue weighted by Gasteiger charge is -2.09. The highest BCUT2D eigenvalue weighted by Gasteiger charge is 2.08. The Hall–Kier alpha value is -3.21. The van der Waals surface area contributed by atoms with Crippen LogP contribution in [0.5, 0.6) is 0 Å². The first-order chi connectivity index (χ1) is 12.6. The lowest BCUT2D eigenvalue weighted by molar-refractivity contribution is 0.0953. The van der Waals surface area contributed by atoms with Gasteiger partial charge in [-0.25, -0.2) is 4.39 Å². The van der Waals surface area contributed by atoms with Crippen LogP contribution in [-0.4, -0.2) is 17.4 Å². The zero-order valence-electron chi connectivity index (χ0n) is 14.5. The summed E-state index contributed by atoms with van der Waals surface area (Å²) in [6.45, 7) is 2.38. The molecule has 5 heteroatoms. The molecule has 1 heterocycles. The monoisotopic (exact) mass is 349 g/mol. The average Bonchev–Trinajstić information content (AvgIpc) is 2.65. The lowest BCUT2D eigenvalue weighted by Crippen LogP contribution is -2.26. The van der Waals surface area contributed by atoms with Gasteiger partial charge in [-0.15, -0.1) is 0 Å². The van der Waals surface area contributed by atoms with E-state index in [4.69, 9.17) is 0 Å². The molecule has 132 valence electrons. The van der Waals surface area contributed by atoms with E-state index in [1.54, 1.807) is 30.5 Å². The molecule has 26 heavy (non-hydrogen) atoms. The SMILES string of the molecule is Cc1ccc(Nc2cncc(C(=O)NCCc3ccccc3F)c2)cc1. The maximum atomic E-state index is 13.6. The number of carbonyl (C=O) groups excluding carboxylic acids is 1. The molecule has 1 aromatic heterocycles. The second-order valence-electron chi connectivity index (χ2n) is 6.05. The number of benzene rings is 2. The minimum absolute atomic E-state index is 0.235. The van der Waals surface area contributed by atoms with Gasteiger partial charge in [0.05, 0.1) is 17.4 Å². The van der Waals surface area contributed by atoms with Gasteiger partial charge in [-0.1, -0.05) is 35.9 Å². The molecule has 0 spiro atoms. The van der Waals surface area contributed by atoms with Crippen molar-refractivity contribution < 1.29 is 9.18 Å². The Morgan fingerprint density at radius 3 is 2.58 bits per heavy atom. The van der Waals surface area contributed by atoms with E-state index in [9.17, 15) is 9.18 Å². The summed E-state index contributed by atoms with van der Waals surface area (Å²) in [5.41, 5.74) is 3.87. The highest BCUT2D eigenvalue weighted by molar-refractivity contribution is 5.94. The van der Waals surface area contributed by atoms with Crippen molar-refractivity contribution in [1.82, 2.24) is 10.3 Å². The third kappa shape index (κ3) is 4.66. The molecule has 4 nitrogen and oxygen atoms in total. The molecule has 2 N–H and O–H groups in total. The summed E-state index contributed by atoms with van der Waals surface area (Å²) in [5, 5.41) is 6.02. The number of amides is 1. The fourth-order valence-corrected chi connectivity index (χ4v) is 2.55. The summed E-state index contributed by atoms with van der Waals surface area (Å²) >= 11 is 0. The van der Waals surface area contributed by atoms with Crippen molar-refractivity contribution >= 4 is 17.3 Å². The summed E-state index contributed by atoms with van der Waals surface area (Å²) in [4.78, 5) is 16.4. The van der Waals surface area contributed by atoms with Gasteiger partial charge < -0.3 is 10.6 Å². The maximum absolute atomic E-state index is 13.6. The van der Waals surface area contributed by atoms with Crippen molar-refractivity contribution in [2.75, 3.05) is 11.9 Å². The van der Waals surface area contributed by atoms with Gasteiger partial charge >= 0.3 is 0 Å². The second kappa shape index (κ2) is 8.25. The number of aryl methyl sites for hydroxylation is 1. The number of nitrogens with one attached hydrogen (secondary N) is 2. The Kier molecular flexibility index (Phi) is 5.59. The van der Waals surface area contributed by atoms with Crippen LogP contribution in [0.3, 0.4) is 0 Å². The summed E-state index contributed by atoms with van der Waals surface area (Å²) in [7, 11) is 0. The normalized spacial score (nSPS) is 10.4. The zero-order valence-corrected chi connectivity index (χ0v) is 14.5. The highest BCUT2D eigenvalue weighted by Crippen LogP contribution is 2.17. The Labute approximate surface area is 152 Å². The van der Waals surface area contributed by atoms with Gasteiger partial charge in [0.25, 0.3) is 5.91 Å². The number of hydrogen-bond donors (Lipinski definition) is 2. The molecular formula is C21H20FN3O. The molecule has 0 radical (unpaired) electrons. The maximum Gasteiger partial charge on any atom is 0.252 e. The molecule has 0 saturated carbocycles. The van der Waals surface area contributed by atoms with E-state index < -0.39 is 0 Å². The molecular weight excluding hydrogens is 329 g/mol. The van der Waals surface area contributed by atoms with Crippen LogP contribution in [0.1, 0.15) is 21.5 Å². The first-order valence-corrected chi connectivity index (χ1v) is 8.42. The van der Waals surface area contributed by atoms with E-state index >= 15 is 0 Å². The fourth-order valence-electron chi connectivity index (χ4n) is 2.55. The van der Waals surface area contributed by atoms with Crippen LogP contribution in [0.25, 0.3) is 0 Å². The fraction of sp³-hybridized carbons (Fsp3) is 0.143. The molecule has 0 bridgehead atoms. The predicted molar refractivity (Wildman–Crippen MR) is 101 cm³/mol. The summed E-state index contributed by atoms with van der Waals surface area (Å²) in [6.07, 6.45) is 3.61. The topological polar surface area (TPSA) is 54.0 Å². The van der Waals surface area contributed by atoms with Gasteiger partial charge in [0.1, 0.15) is 5.82 Å². The Morgan fingerprint density at radius 1 is 1.04 bits per heavy atom. The van der Waals surface area contributed by atoms with E-state index in [2.05, 4.69) is 15.6 Å². The van der Waals surface area contributed by atoms with Gasteiger partial charge in [-0.05, 0) is 43.2 Å². The minimum Gasteiger partial charge on any atom is -0.354 e. The highest BCUT2D eigenvalue weighted by atomic mass is 19.1. The number of carbonyl (C=O) groups is 1. The first-order valence-electron chi connectivity index (χ1n) is 8.42. The van der Waals surface area contributed by atoms with E-state index in [-0.39, 0.29) is 11.7 Å². The number of rotatable bonds is 6. The number of hydrogen-bond acceptors (Lipinski definition) is 3. The van der Waals surface area contributed by atoms with Crippen molar-refractivity contribution in [3.63, 3.8) is 0 Å². The zero-order chi connectivity index (χ0) is 18.4. The molecule has 3 rings (SSSR count). The molecule has 2 aromatic carbocycles. The summed E-state index contributed by atoms with van der Waals surface area (Å²) in [5.74, 6) is -0.492. The third-order valence-electron chi connectivity index (χ3n) is 3.98. The number of pyridine rings is 1. The number of anilines is 2. The van der Waals surface area contributed by atoms with Crippen LogP contribution in [0.2, 0.25) is 0 Å². The molecule has 3 aromatic rings. The van der Waals surface area contributed by atoms with E-state index in [1.165, 1.54) is 17.8 Å². The predicted octanol–water partition coefficient (Wildman–Crippen LogP) is 4.25. The van der Waals surface area contributed by atoms with Crippen LogP contribution in [-0.2, 0) is 6.42 Å². The smallest absolute Gasteiger partial charge is 0.252 e. The van der Waals surface area contributed by atoms with Gasteiger partial charge in [0.15, 0.2) is 0 Å². The molecule has 0 unspecified atom stereocenters. The van der Waals surface area contributed by atoms with E-state index in [1.807, 2.05) is 31.2 Å². The largest absolute Gasteiger partial charge is 0.354 e. The quantitative estimate of drug-likeness (QED) is 0.700. The standard InChI is InChI=1S/C21H20FN3O/c1-15-6-8-18(9-7-15)25-19-12-17(13-23-14-19)21(26)24-11-10-16-4-2-3-5-20(16)22/h2-9,12-14,25H,10-11H2,1H3,(H,24,26). The molecule has 0 aliphatic rings. The first kappa shape index (κ1) is 17.6. The van der Waals surface area contributed by atoms with Gasteiger partial charge in [-0.2, -0.15) is 0 Å². The van der Waals surface area contributed by atoms with Crippen molar-refractivity contribution in [2.45, 2.75) is 13.3 Å². The Bertz CT molecular complexity index is 894. The lowest BCUT2D eigenvalue weighted by atomic mass is 10.1. The number of nitrogens with zero attached hydrogens (tertiary/aromatic N) is 1. The third-order valence-corrected chi connectivity index (χ3v) is 3.98. The Balaban J connectivity index is 1.59. The van der Waals surface area contributed by atoms with Gasteiger partial charge in [-0.3, -0.25) is 9.78 Å². The van der Waals surface area contributed by atoms with Crippen LogP contribution in [0.15, 0.2) is 67.0 Å². The number of aromatic nitrogens is 1. The molecule has 0 aliphatic heterocycles. The molecule has 0 saturated heterocycles. The van der Waals surface area contributed by atoms with Crippen molar-refractivity contribution in [3.05, 3.63) is 89.5 Å². The van der Waals surface area contributed by atoms with E-state index in [0.717, 1.165) is 11.4 Å². The van der Waals surface area contributed by atoms with Gasteiger partial charge in [0.2, 0.25) is 0 Å². The average molecular weight is 349 g/mol. The molecule has 1 amide bonds. The van der Waals surface area contributed by atoms with Crippen LogP contribution in [0, 0.1) is 12.7 Å². The Morgan fingerprint density at radius 2 is 1.81 bits per heavy atom. The summed E-state index contributed by atoms with van der Waals surface area (Å²) < 4.78 is 13.6. The van der Waals surface area contributed by atoms with Crippen molar-refractivity contribution in [1.29, 1.82) is 0 Å². The minimum atomic E-state index is -0.257. The van der Waals surface area contributed by atoms with Crippen LogP contribution in [0.4, 0.5) is 15.8 Å². The van der Waals surface area contributed by atoms with Crippen molar-refractivity contribution in [2.24, 2.45) is 0 Å². The summed E-state index contributed by atoms with van der Waals surface area (Å²) in [6, 6.07) is 16.3. The number of halogens is 1. The second-order valence-corrected chi connectivity index (χ2v) is 6.05. The van der Waals surface area contributed by atoms with E-state index in [0.29, 0.717) is 24.1 Å². The van der Waals surface area contributed by atoms with Gasteiger partial charge in [0, 0.05) is 18.4 Å². The van der Waals surface area contributed by atoms with Crippen LogP contribution < -0.4 is 10.6 Å². The van der Waals surface area contributed by atoms with Crippen LogP contribution >= 0.6 is 0 Å². The van der Waals surface area contributed by atoms with Crippen molar-refractivity contribution in [3.8, 4) is 0 Å². The molecule has 0 aliphatic carbocycles.